The van der Waals surface area contributed by atoms with Crippen LogP contribution in [0.5, 0.6) is 0 Å². The molecule has 1 aromatic heterocycles. The van der Waals surface area contributed by atoms with Gasteiger partial charge < -0.3 is 9.52 Å². The van der Waals surface area contributed by atoms with Crippen LogP contribution in [0.15, 0.2) is 22.6 Å². The molecule has 102 valence electrons. The van der Waals surface area contributed by atoms with Gasteiger partial charge in [-0.25, -0.2) is 4.98 Å². The summed E-state index contributed by atoms with van der Waals surface area (Å²) in [5, 5.41) is 9.12. The van der Waals surface area contributed by atoms with Crippen molar-refractivity contribution in [3.63, 3.8) is 0 Å². The summed E-state index contributed by atoms with van der Waals surface area (Å²) < 4.78 is 5.77. The second-order valence-electron chi connectivity index (χ2n) is 5.61. The first kappa shape index (κ1) is 12.7. The van der Waals surface area contributed by atoms with Gasteiger partial charge in [0.15, 0.2) is 11.5 Å². The van der Waals surface area contributed by atoms with E-state index in [1.54, 1.807) is 0 Å². The minimum Gasteiger partial charge on any atom is -0.441 e. The van der Waals surface area contributed by atoms with Crippen molar-refractivity contribution in [1.29, 1.82) is 0 Å². The summed E-state index contributed by atoms with van der Waals surface area (Å²) in [7, 11) is 0. The minimum absolute atomic E-state index is 0.0558. The molecule has 1 aromatic carbocycles. The average molecular weight is 259 g/mol. The summed E-state index contributed by atoms with van der Waals surface area (Å²) >= 11 is 0. The van der Waals surface area contributed by atoms with Gasteiger partial charge in [-0.1, -0.05) is 38.2 Å². The molecular formula is C16H21NO2. The fourth-order valence-electron chi connectivity index (χ4n) is 3.03. The van der Waals surface area contributed by atoms with Gasteiger partial charge in [-0.3, -0.25) is 0 Å². The van der Waals surface area contributed by atoms with Crippen molar-refractivity contribution in [2.45, 2.75) is 51.6 Å². The number of oxazole rings is 1. The van der Waals surface area contributed by atoms with E-state index in [0.29, 0.717) is 0 Å². The summed E-state index contributed by atoms with van der Waals surface area (Å²) in [4.78, 5) is 4.53. The van der Waals surface area contributed by atoms with Crippen LogP contribution in [0.25, 0.3) is 11.1 Å². The predicted octanol–water partition coefficient (Wildman–Crippen LogP) is 3.83. The third-order valence-electron chi connectivity index (χ3n) is 4.17. The Labute approximate surface area is 113 Å². The van der Waals surface area contributed by atoms with E-state index in [4.69, 9.17) is 9.52 Å². The number of aryl methyl sites for hydroxylation is 1. The summed E-state index contributed by atoms with van der Waals surface area (Å²) in [6, 6.07) is 5.69. The molecule has 0 atom stereocenters. The Morgan fingerprint density at radius 1 is 1.21 bits per heavy atom. The maximum Gasteiger partial charge on any atom is 0.195 e. The summed E-state index contributed by atoms with van der Waals surface area (Å²) in [6.07, 6.45) is 9.05. The number of aromatic nitrogens is 1. The van der Waals surface area contributed by atoms with Gasteiger partial charge in [0.25, 0.3) is 0 Å². The first-order valence-corrected chi connectivity index (χ1v) is 7.34. The maximum absolute atomic E-state index is 9.12. The molecule has 0 aliphatic heterocycles. The van der Waals surface area contributed by atoms with Gasteiger partial charge in [0, 0.05) is 6.42 Å². The molecule has 1 aliphatic rings. The third-order valence-corrected chi connectivity index (χ3v) is 4.17. The Hall–Kier alpha value is -1.35. The van der Waals surface area contributed by atoms with Crippen LogP contribution in [-0.2, 0) is 13.0 Å². The van der Waals surface area contributed by atoms with Crippen LogP contribution >= 0.6 is 0 Å². The number of fused-ring (bicyclic) bond motifs is 1. The van der Waals surface area contributed by atoms with E-state index < -0.39 is 0 Å². The molecule has 1 fully saturated rings. The summed E-state index contributed by atoms with van der Waals surface area (Å²) in [6.45, 7) is 0.0558. The molecule has 3 rings (SSSR count). The lowest BCUT2D eigenvalue weighted by atomic mass is 9.86. The highest BCUT2D eigenvalue weighted by atomic mass is 16.3. The molecule has 1 saturated carbocycles. The summed E-state index contributed by atoms with van der Waals surface area (Å²) in [5.41, 5.74) is 2.58. The fourth-order valence-corrected chi connectivity index (χ4v) is 3.03. The van der Waals surface area contributed by atoms with Gasteiger partial charge >= 0.3 is 0 Å². The van der Waals surface area contributed by atoms with Crippen molar-refractivity contribution in [2.24, 2.45) is 5.92 Å². The molecular weight excluding hydrogens is 238 g/mol. The van der Waals surface area contributed by atoms with E-state index in [1.165, 1.54) is 38.5 Å². The van der Waals surface area contributed by atoms with Crippen LogP contribution in [-0.4, -0.2) is 10.1 Å². The molecule has 0 bridgehead atoms. The molecule has 0 spiro atoms. The van der Waals surface area contributed by atoms with Gasteiger partial charge in [-0.15, -0.1) is 0 Å². The first-order valence-electron chi connectivity index (χ1n) is 7.34. The highest BCUT2D eigenvalue weighted by Crippen LogP contribution is 2.28. The van der Waals surface area contributed by atoms with E-state index in [1.807, 2.05) is 18.2 Å². The van der Waals surface area contributed by atoms with E-state index in [-0.39, 0.29) is 6.61 Å². The van der Waals surface area contributed by atoms with E-state index in [2.05, 4.69) is 4.98 Å². The Morgan fingerprint density at radius 2 is 2.05 bits per heavy atom. The Morgan fingerprint density at radius 3 is 2.84 bits per heavy atom. The quantitative estimate of drug-likeness (QED) is 0.907. The second-order valence-corrected chi connectivity index (χ2v) is 5.61. The number of hydrogen-bond donors (Lipinski definition) is 1. The van der Waals surface area contributed by atoms with Crippen molar-refractivity contribution in [3.8, 4) is 0 Å². The highest BCUT2D eigenvalue weighted by molar-refractivity contribution is 5.73. The molecule has 1 N–H and O–H groups in total. The van der Waals surface area contributed by atoms with Crippen molar-refractivity contribution in [2.75, 3.05) is 0 Å². The van der Waals surface area contributed by atoms with Crippen molar-refractivity contribution in [3.05, 3.63) is 29.7 Å². The maximum atomic E-state index is 9.12. The Balaban J connectivity index is 1.67. The number of aliphatic hydroxyl groups excluding tert-OH is 1. The van der Waals surface area contributed by atoms with Gasteiger partial charge in [0.1, 0.15) is 5.52 Å². The number of aliphatic hydroxyl groups is 1. The molecule has 3 nitrogen and oxygen atoms in total. The standard InChI is InChI=1S/C16H21NO2/c18-11-13-6-8-15-14(10-13)17-16(19-15)9-7-12-4-2-1-3-5-12/h6,8,10,12,18H,1-5,7,9,11H2. The SMILES string of the molecule is OCc1ccc2oc(CCC3CCCCC3)nc2c1. The largest absolute Gasteiger partial charge is 0.441 e. The van der Waals surface area contributed by atoms with E-state index >= 15 is 0 Å². The molecule has 0 radical (unpaired) electrons. The van der Waals surface area contributed by atoms with Gasteiger partial charge in [0.2, 0.25) is 0 Å². The normalized spacial score (nSPS) is 17.1. The predicted molar refractivity (Wildman–Crippen MR) is 74.8 cm³/mol. The van der Waals surface area contributed by atoms with Crippen LogP contribution in [0, 0.1) is 5.92 Å². The second kappa shape index (κ2) is 5.74. The smallest absolute Gasteiger partial charge is 0.195 e. The van der Waals surface area contributed by atoms with Crippen molar-refractivity contribution < 1.29 is 9.52 Å². The monoisotopic (exact) mass is 259 g/mol. The van der Waals surface area contributed by atoms with Crippen LogP contribution in [0.2, 0.25) is 0 Å². The van der Waals surface area contributed by atoms with Crippen LogP contribution in [0.4, 0.5) is 0 Å². The number of rotatable bonds is 4. The van der Waals surface area contributed by atoms with Crippen LogP contribution in [0.3, 0.4) is 0 Å². The first-order chi connectivity index (χ1) is 9.35. The fraction of sp³-hybridized carbons (Fsp3) is 0.562. The van der Waals surface area contributed by atoms with E-state index in [9.17, 15) is 0 Å². The number of benzene rings is 1. The zero-order valence-corrected chi connectivity index (χ0v) is 11.3. The highest BCUT2D eigenvalue weighted by Gasteiger charge is 2.15. The number of nitrogens with zero attached hydrogens (tertiary/aromatic N) is 1. The minimum atomic E-state index is 0.0558. The lowest BCUT2D eigenvalue weighted by Crippen LogP contribution is -2.07. The molecule has 19 heavy (non-hydrogen) atoms. The molecule has 3 heteroatoms. The molecule has 1 aliphatic carbocycles. The number of hydrogen-bond acceptors (Lipinski definition) is 3. The summed E-state index contributed by atoms with van der Waals surface area (Å²) in [5.74, 6) is 1.70. The molecule has 0 unspecified atom stereocenters. The molecule has 0 amide bonds. The van der Waals surface area contributed by atoms with Gasteiger partial charge in [-0.05, 0) is 30.0 Å². The third kappa shape index (κ3) is 2.98. The topological polar surface area (TPSA) is 46.3 Å². The van der Waals surface area contributed by atoms with E-state index in [0.717, 1.165) is 34.9 Å². The van der Waals surface area contributed by atoms with Crippen molar-refractivity contribution in [1.82, 2.24) is 4.98 Å². The zero-order valence-electron chi connectivity index (χ0n) is 11.3. The van der Waals surface area contributed by atoms with Crippen LogP contribution < -0.4 is 0 Å². The molecule has 0 saturated heterocycles. The van der Waals surface area contributed by atoms with Crippen LogP contribution in [0.1, 0.15) is 50.0 Å². The molecule has 1 heterocycles. The van der Waals surface area contributed by atoms with Gasteiger partial charge in [0.05, 0.1) is 6.61 Å². The van der Waals surface area contributed by atoms with Crippen molar-refractivity contribution >= 4 is 11.1 Å². The Kier molecular flexibility index (Phi) is 3.83. The van der Waals surface area contributed by atoms with Gasteiger partial charge in [-0.2, -0.15) is 0 Å². The lowest BCUT2D eigenvalue weighted by molar-refractivity contribution is 0.282. The Bertz CT molecular complexity index is 541. The molecule has 2 aromatic rings. The zero-order chi connectivity index (χ0) is 13.1. The lowest BCUT2D eigenvalue weighted by Gasteiger charge is -2.20. The average Bonchev–Trinajstić information content (AvgIpc) is 2.88.